The summed E-state index contributed by atoms with van der Waals surface area (Å²) < 4.78 is 26.4. The average Bonchev–Trinajstić information content (AvgIpc) is 2.13. The monoisotopic (exact) mass is 211 g/mol. The normalized spacial score (nSPS) is 16.4. The average molecular weight is 211 g/mol. The predicted molar refractivity (Wildman–Crippen MR) is 55.4 cm³/mol. The molecule has 1 aromatic rings. The van der Waals surface area contributed by atoms with Crippen LogP contribution in [0, 0.1) is 17.6 Å². The van der Waals surface area contributed by atoms with Gasteiger partial charge in [0.25, 0.3) is 0 Å². The standard InChI is InChI=1S/C12H15F2N/c13-11-5-2-6-12(14)10(11)8-15-7-9-3-1-4-9/h2,5-6,9,15H,1,3-4,7-8H2. The Labute approximate surface area is 88.5 Å². The summed E-state index contributed by atoms with van der Waals surface area (Å²) in [6.45, 7) is 1.16. The van der Waals surface area contributed by atoms with Crippen LogP contribution in [0.15, 0.2) is 18.2 Å². The van der Waals surface area contributed by atoms with Crippen LogP contribution in [0.2, 0.25) is 0 Å². The van der Waals surface area contributed by atoms with Crippen LogP contribution in [0.25, 0.3) is 0 Å². The molecule has 1 aliphatic rings. The van der Waals surface area contributed by atoms with Gasteiger partial charge in [-0.3, -0.25) is 0 Å². The second-order valence-electron chi connectivity index (χ2n) is 4.13. The summed E-state index contributed by atoms with van der Waals surface area (Å²) in [5, 5.41) is 3.11. The molecule has 0 aromatic heterocycles. The Kier molecular flexibility index (Phi) is 3.31. The van der Waals surface area contributed by atoms with Crippen LogP contribution in [0.3, 0.4) is 0 Å². The molecule has 3 heteroatoms. The molecule has 0 radical (unpaired) electrons. The summed E-state index contributed by atoms with van der Waals surface area (Å²) in [6.07, 6.45) is 3.78. The van der Waals surface area contributed by atoms with Crippen LogP contribution < -0.4 is 5.32 Å². The summed E-state index contributed by atoms with van der Waals surface area (Å²) >= 11 is 0. The van der Waals surface area contributed by atoms with E-state index in [0.717, 1.165) is 6.54 Å². The predicted octanol–water partition coefficient (Wildman–Crippen LogP) is 2.85. The molecule has 1 aromatic carbocycles. The summed E-state index contributed by atoms with van der Waals surface area (Å²) in [4.78, 5) is 0. The van der Waals surface area contributed by atoms with Crippen molar-refractivity contribution in [1.82, 2.24) is 5.32 Å². The smallest absolute Gasteiger partial charge is 0.130 e. The van der Waals surface area contributed by atoms with Crippen LogP contribution in [0.1, 0.15) is 24.8 Å². The zero-order valence-corrected chi connectivity index (χ0v) is 8.60. The van der Waals surface area contributed by atoms with Gasteiger partial charge in [-0.05, 0) is 37.4 Å². The van der Waals surface area contributed by atoms with E-state index < -0.39 is 11.6 Å². The fourth-order valence-electron chi connectivity index (χ4n) is 1.80. The Morgan fingerprint density at radius 3 is 2.40 bits per heavy atom. The van der Waals surface area contributed by atoms with Crippen LogP contribution >= 0.6 is 0 Å². The van der Waals surface area contributed by atoms with Gasteiger partial charge in [-0.15, -0.1) is 0 Å². The van der Waals surface area contributed by atoms with Crippen molar-refractivity contribution in [3.8, 4) is 0 Å². The number of hydrogen-bond acceptors (Lipinski definition) is 1. The lowest BCUT2D eigenvalue weighted by atomic mass is 9.85. The molecule has 1 fully saturated rings. The van der Waals surface area contributed by atoms with Crippen molar-refractivity contribution in [3.63, 3.8) is 0 Å². The molecule has 0 atom stereocenters. The van der Waals surface area contributed by atoms with Crippen molar-refractivity contribution in [3.05, 3.63) is 35.4 Å². The summed E-state index contributed by atoms with van der Waals surface area (Å²) in [6, 6.07) is 3.98. The Hall–Kier alpha value is -0.960. The molecule has 15 heavy (non-hydrogen) atoms. The lowest BCUT2D eigenvalue weighted by Gasteiger charge is -2.25. The van der Waals surface area contributed by atoms with Gasteiger partial charge in [-0.25, -0.2) is 8.78 Å². The van der Waals surface area contributed by atoms with E-state index >= 15 is 0 Å². The van der Waals surface area contributed by atoms with Crippen molar-refractivity contribution < 1.29 is 8.78 Å². The second-order valence-corrected chi connectivity index (χ2v) is 4.13. The molecular formula is C12H15F2N. The van der Waals surface area contributed by atoms with E-state index in [1.54, 1.807) is 0 Å². The van der Waals surface area contributed by atoms with Crippen LogP contribution in [-0.4, -0.2) is 6.54 Å². The van der Waals surface area contributed by atoms with Crippen LogP contribution in [0.4, 0.5) is 8.78 Å². The topological polar surface area (TPSA) is 12.0 Å². The van der Waals surface area contributed by atoms with Gasteiger partial charge in [0.05, 0.1) is 0 Å². The fraction of sp³-hybridized carbons (Fsp3) is 0.500. The minimum atomic E-state index is -0.462. The van der Waals surface area contributed by atoms with Gasteiger partial charge in [-0.1, -0.05) is 12.5 Å². The third-order valence-electron chi connectivity index (χ3n) is 3.02. The number of benzene rings is 1. The molecule has 0 heterocycles. The van der Waals surface area contributed by atoms with Crippen molar-refractivity contribution in [1.29, 1.82) is 0 Å². The largest absolute Gasteiger partial charge is 0.312 e. The van der Waals surface area contributed by atoms with Crippen molar-refractivity contribution in [2.24, 2.45) is 5.92 Å². The quantitative estimate of drug-likeness (QED) is 0.807. The zero-order valence-electron chi connectivity index (χ0n) is 8.60. The van der Waals surface area contributed by atoms with Gasteiger partial charge >= 0.3 is 0 Å². The Morgan fingerprint density at radius 1 is 1.20 bits per heavy atom. The molecule has 1 aliphatic carbocycles. The highest BCUT2D eigenvalue weighted by atomic mass is 19.1. The van der Waals surface area contributed by atoms with Gasteiger partial charge in [0.1, 0.15) is 11.6 Å². The number of nitrogens with one attached hydrogen (secondary N) is 1. The van der Waals surface area contributed by atoms with Gasteiger partial charge in [0.2, 0.25) is 0 Å². The molecule has 0 amide bonds. The Balaban J connectivity index is 1.86. The molecule has 0 aliphatic heterocycles. The fourth-order valence-corrected chi connectivity index (χ4v) is 1.80. The molecule has 82 valence electrons. The molecule has 2 rings (SSSR count). The van der Waals surface area contributed by atoms with Crippen molar-refractivity contribution in [2.75, 3.05) is 6.54 Å². The minimum Gasteiger partial charge on any atom is -0.312 e. The molecule has 0 bridgehead atoms. The number of halogens is 2. The van der Waals surface area contributed by atoms with Gasteiger partial charge in [0.15, 0.2) is 0 Å². The van der Waals surface area contributed by atoms with Crippen LogP contribution in [-0.2, 0) is 6.54 Å². The molecule has 0 unspecified atom stereocenters. The SMILES string of the molecule is Fc1cccc(F)c1CNCC1CCC1. The van der Waals surface area contributed by atoms with E-state index in [1.165, 1.54) is 37.5 Å². The van der Waals surface area contributed by atoms with Gasteiger partial charge in [0, 0.05) is 12.1 Å². The summed E-state index contributed by atoms with van der Waals surface area (Å²) in [7, 11) is 0. The lowest BCUT2D eigenvalue weighted by Crippen LogP contribution is -2.27. The zero-order chi connectivity index (χ0) is 10.7. The van der Waals surface area contributed by atoms with Crippen molar-refractivity contribution >= 4 is 0 Å². The molecule has 1 nitrogen and oxygen atoms in total. The third-order valence-corrected chi connectivity index (χ3v) is 3.02. The first-order chi connectivity index (χ1) is 7.27. The van der Waals surface area contributed by atoms with E-state index in [-0.39, 0.29) is 12.1 Å². The van der Waals surface area contributed by atoms with E-state index in [2.05, 4.69) is 5.32 Å². The number of rotatable bonds is 4. The maximum atomic E-state index is 13.2. The molecule has 1 N–H and O–H groups in total. The third kappa shape index (κ3) is 2.53. The number of hydrogen-bond donors (Lipinski definition) is 1. The second kappa shape index (κ2) is 4.71. The first-order valence-electron chi connectivity index (χ1n) is 5.41. The van der Waals surface area contributed by atoms with Gasteiger partial charge < -0.3 is 5.32 Å². The van der Waals surface area contributed by atoms with Gasteiger partial charge in [-0.2, -0.15) is 0 Å². The Morgan fingerprint density at radius 2 is 1.87 bits per heavy atom. The van der Waals surface area contributed by atoms with E-state index in [9.17, 15) is 8.78 Å². The van der Waals surface area contributed by atoms with Crippen LogP contribution in [0.5, 0.6) is 0 Å². The Bertz CT molecular complexity index is 314. The maximum Gasteiger partial charge on any atom is 0.130 e. The van der Waals surface area contributed by atoms with E-state index in [1.807, 2.05) is 0 Å². The highest BCUT2D eigenvalue weighted by Crippen LogP contribution is 2.25. The first-order valence-corrected chi connectivity index (χ1v) is 5.41. The maximum absolute atomic E-state index is 13.2. The van der Waals surface area contributed by atoms with E-state index in [0.29, 0.717) is 5.92 Å². The minimum absolute atomic E-state index is 0.150. The molecule has 0 saturated heterocycles. The first kappa shape index (κ1) is 10.6. The molecular weight excluding hydrogens is 196 g/mol. The molecule has 1 saturated carbocycles. The highest BCUT2D eigenvalue weighted by molar-refractivity contribution is 5.19. The van der Waals surface area contributed by atoms with E-state index in [4.69, 9.17) is 0 Å². The summed E-state index contributed by atoms with van der Waals surface area (Å²) in [5.41, 5.74) is 0.150. The highest BCUT2D eigenvalue weighted by Gasteiger charge is 2.17. The van der Waals surface area contributed by atoms with Crippen molar-refractivity contribution in [2.45, 2.75) is 25.8 Å². The lowest BCUT2D eigenvalue weighted by molar-refractivity contribution is 0.300. The molecule has 0 spiro atoms. The summed E-state index contributed by atoms with van der Waals surface area (Å²) in [5.74, 6) is -0.216.